The number of carbonyl (C=O) groups is 2. The maximum Gasteiger partial charge on any atom is 0.273 e. The van der Waals surface area contributed by atoms with Crippen LogP contribution in [-0.4, -0.2) is 65.4 Å². The van der Waals surface area contributed by atoms with Crippen molar-refractivity contribution in [1.29, 1.82) is 0 Å². The highest BCUT2D eigenvalue weighted by atomic mass is 32.2. The summed E-state index contributed by atoms with van der Waals surface area (Å²) in [6.07, 6.45) is 5.27. The number of oxime groups is 1. The number of rotatable bonds is 5. The van der Waals surface area contributed by atoms with Crippen molar-refractivity contribution in [2.75, 3.05) is 29.4 Å². The summed E-state index contributed by atoms with van der Waals surface area (Å²) in [7, 11) is -3.38. The molecule has 1 fully saturated rings. The van der Waals surface area contributed by atoms with E-state index in [-0.39, 0.29) is 18.0 Å². The van der Waals surface area contributed by atoms with Crippen molar-refractivity contribution >= 4 is 44.4 Å². The second-order valence-electron chi connectivity index (χ2n) is 8.49. The van der Waals surface area contributed by atoms with Crippen molar-refractivity contribution in [3.8, 4) is 0 Å². The summed E-state index contributed by atoms with van der Waals surface area (Å²) in [4.78, 5) is 33.0. The van der Waals surface area contributed by atoms with Crippen LogP contribution in [0.1, 0.15) is 23.2 Å². The van der Waals surface area contributed by atoms with Gasteiger partial charge in [0.25, 0.3) is 11.8 Å². The Balaban J connectivity index is 1.19. The van der Waals surface area contributed by atoms with Crippen LogP contribution in [0.15, 0.2) is 60.0 Å². The molecule has 0 saturated carbocycles. The zero-order valence-corrected chi connectivity index (χ0v) is 19.1. The lowest BCUT2D eigenvalue weighted by Gasteiger charge is -2.21. The van der Waals surface area contributed by atoms with Crippen LogP contribution in [0, 0.1) is 0 Å². The second kappa shape index (κ2) is 8.13. The van der Waals surface area contributed by atoms with E-state index in [9.17, 15) is 18.0 Å². The number of likely N-dealkylation sites (tertiary alicyclic amines) is 1. The molecule has 0 bridgehead atoms. The monoisotopic (exact) mass is 482 g/mol. The molecule has 0 aliphatic carbocycles. The first kappa shape index (κ1) is 21.9. The molecule has 34 heavy (non-hydrogen) atoms. The van der Waals surface area contributed by atoms with Gasteiger partial charge in [-0.2, -0.15) is 5.10 Å². The third-order valence-electron chi connectivity index (χ3n) is 5.77. The van der Waals surface area contributed by atoms with Crippen molar-refractivity contribution in [1.82, 2.24) is 14.5 Å². The number of sulfonamides is 1. The number of hydrogen-bond acceptors (Lipinski definition) is 7. The maximum absolute atomic E-state index is 13.0. The Morgan fingerprint density at radius 2 is 1.91 bits per heavy atom. The van der Waals surface area contributed by atoms with Crippen LogP contribution in [0.4, 0.5) is 11.4 Å². The summed E-state index contributed by atoms with van der Waals surface area (Å²) >= 11 is 0. The van der Waals surface area contributed by atoms with E-state index in [1.807, 2.05) is 12.1 Å². The number of nitrogens with zero attached hydrogens (tertiary/aromatic N) is 4. The van der Waals surface area contributed by atoms with Gasteiger partial charge in [0.1, 0.15) is 5.71 Å². The van der Waals surface area contributed by atoms with Crippen LogP contribution in [0.2, 0.25) is 0 Å². The Hall–Kier alpha value is -3.93. The number of benzene rings is 1. The van der Waals surface area contributed by atoms with E-state index in [1.165, 1.54) is 0 Å². The molecule has 5 rings (SSSR count). The first-order valence-electron chi connectivity index (χ1n) is 10.6. The summed E-state index contributed by atoms with van der Waals surface area (Å²) < 4.78 is 26.6. The van der Waals surface area contributed by atoms with E-state index >= 15 is 0 Å². The molecule has 2 N–H and O–H groups in total. The molecule has 1 saturated heterocycles. The molecular weight excluding hydrogens is 460 g/mol. The largest absolute Gasteiger partial charge is 0.386 e. The van der Waals surface area contributed by atoms with Gasteiger partial charge in [-0.3, -0.25) is 14.3 Å². The molecule has 2 aliphatic rings. The zero-order valence-electron chi connectivity index (χ0n) is 18.3. The minimum atomic E-state index is -3.38. The Morgan fingerprint density at radius 1 is 1.15 bits per heavy atom. The summed E-state index contributed by atoms with van der Waals surface area (Å²) in [5.41, 5.74) is 1.78. The average Bonchev–Trinajstić information content (AvgIpc) is 3.52. The first-order valence-corrected chi connectivity index (χ1v) is 12.5. The van der Waals surface area contributed by atoms with Gasteiger partial charge in [-0.05, 0) is 42.5 Å². The number of anilines is 2. The molecule has 12 heteroatoms. The van der Waals surface area contributed by atoms with E-state index in [2.05, 4.69) is 20.3 Å². The third kappa shape index (κ3) is 4.44. The summed E-state index contributed by atoms with van der Waals surface area (Å²) in [6.45, 7) is 0.829. The predicted octanol–water partition coefficient (Wildman–Crippen LogP) is 1.71. The Bertz CT molecular complexity index is 1380. The number of amides is 2. The molecular formula is C22H22N6O5S. The van der Waals surface area contributed by atoms with Crippen molar-refractivity contribution in [3.63, 3.8) is 0 Å². The molecule has 0 radical (unpaired) electrons. The van der Waals surface area contributed by atoms with Crippen LogP contribution < -0.4 is 10.0 Å². The quantitative estimate of drug-likeness (QED) is 0.569. The number of nitrogens with one attached hydrogen (secondary N) is 2. The van der Waals surface area contributed by atoms with Crippen molar-refractivity contribution in [2.24, 2.45) is 5.16 Å². The topological polar surface area (TPSA) is 134 Å². The number of hydrogen-bond donors (Lipinski definition) is 2. The van der Waals surface area contributed by atoms with Gasteiger partial charge in [-0.25, -0.2) is 12.9 Å². The molecule has 176 valence electrons. The zero-order chi connectivity index (χ0) is 23.9. The molecule has 3 aromatic rings. The summed E-state index contributed by atoms with van der Waals surface area (Å²) in [5, 5.41) is 10.9. The molecule has 1 spiro atoms. The van der Waals surface area contributed by atoms with Crippen molar-refractivity contribution in [2.45, 2.75) is 18.4 Å². The fourth-order valence-corrected chi connectivity index (χ4v) is 4.73. The minimum absolute atomic E-state index is 0.119. The van der Waals surface area contributed by atoms with E-state index in [4.69, 9.17) is 4.84 Å². The molecule has 2 amide bonds. The number of aromatic nitrogens is 2. The molecule has 2 aromatic heterocycles. The molecule has 11 nitrogen and oxygen atoms in total. The highest BCUT2D eigenvalue weighted by Gasteiger charge is 2.48. The van der Waals surface area contributed by atoms with E-state index in [0.717, 1.165) is 11.8 Å². The van der Waals surface area contributed by atoms with Crippen LogP contribution >= 0.6 is 0 Å². The highest BCUT2D eigenvalue weighted by Crippen LogP contribution is 2.35. The van der Waals surface area contributed by atoms with Crippen molar-refractivity contribution in [3.05, 3.63) is 60.4 Å². The van der Waals surface area contributed by atoms with Gasteiger partial charge in [0.15, 0.2) is 5.60 Å². The lowest BCUT2D eigenvalue weighted by molar-refractivity contribution is -0.110. The van der Waals surface area contributed by atoms with E-state index in [0.29, 0.717) is 36.4 Å². The fourth-order valence-electron chi connectivity index (χ4n) is 4.16. The van der Waals surface area contributed by atoms with Crippen molar-refractivity contribution < 1.29 is 22.8 Å². The molecule has 1 unspecified atom stereocenters. The fraction of sp³-hybridized carbons (Fsp3) is 0.273. The van der Waals surface area contributed by atoms with Gasteiger partial charge in [-0.15, -0.1) is 0 Å². The smallest absolute Gasteiger partial charge is 0.273 e. The first-order chi connectivity index (χ1) is 16.2. The van der Waals surface area contributed by atoms with Gasteiger partial charge < -0.3 is 15.1 Å². The summed E-state index contributed by atoms with van der Waals surface area (Å²) in [6, 6.07) is 11.8. The Morgan fingerprint density at radius 3 is 2.65 bits per heavy atom. The van der Waals surface area contributed by atoms with Crippen LogP contribution in [0.25, 0.3) is 5.52 Å². The predicted molar refractivity (Wildman–Crippen MR) is 125 cm³/mol. The lowest BCUT2D eigenvalue weighted by Crippen LogP contribution is -2.37. The molecule has 1 atom stereocenters. The van der Waals surface area contributed by atoms with E-state index in [1.54, 1.807) is 52.1 Å². The van der Waals surface area contributed by atoms with Gasteiger partial charge in [0.05, 0.1) is 23.9 Å². The summed E-state index contributed by atoms with van der Waals surface area (Å²) in [5.74, 6) is -0.526. The van der Waals surface area contributed by atoms with Crippen LogP contribution in [0.3, 0.4) is 0 Å². The number of carbonyl (C=O) groups excluding carboxylic acids is 2. The van der Waals surface area contributed by atoms with E-state index < -0.39 is 21.5 Å². The molecule has 2 aliphatic heterocycles. The molecule has 4 heterocycles. The second-order valence-corrected chi connectivity index (χ2v) is 10.2. The Labute approximate surface area is 195 Å². The highest BCUT2D eigenvalue weighted by molar-refractivity contribution is 7.92. The normalized spacial score (nSPS) is 19.8. The molecule has 1 aromatic carbocycles. The lowest BCUT2D eigenvalue weighted by atomic mass is 9.96. The standard InChI is InChI=1S/C22H22N6O5S/c1-34(31,32)26-17-6-4-16(5-7-17)24-20(29)19-12-22(33-25-19)8-10-27(14-22)21(30)15-11-18-3-2-9-23-28(18)13-15/h2-7,9,11,13,26H,8,10,12,14H2,1H3,(H,24,29). The minimum Gasteiger partial charge on any atom is -0.386 e. The Kier molecular flexibility index (Phi) is 5.24. The van der Waals surface area contributed by atoms with Crippen LogP contribution in [-0.2, 0) is 19.7 Å². The SMILES string of the molecule is CS(=O)(=O)Nc1ccc(NC(=O)C2=NOC3(CCN(C(=O)c4cc5cccnn5c4)C3)C2)cc1. The maximum atomic E-state index is 13.0. The van der Waals surface area contributed by atoms with Gasteiger partial charge in [0, 0.05) is 43.2 Å². The third-order valence-corrected chi connectivity index (χ3v) is 6.38. The van der Waals surface area contributed by atoms with Crippen LogP contribution in [0.5, 0.6) is 0 Å². The van der Waals surface area contributed by atoms with Gasteiger partial charge in [0.2, 0.25) is 10.0 Å². The van der Waals surface area contributed by atoms with Gasteiger partial charge >= 0.3 is 0 Å². The van der Waals surface area contributed by atoms with Gasteiger partial charge in [-0.1, -0.05) is 5.16 Å². The number of fused-ring (bicyclic) bond motifs is 1. The average molecular weight is 483 g/mol.